The number of amides is 4. The molecule has 4 heterocycles. The Morgan fingerprint density at radius 1 is 1.29 bits per heavy atom. The van der Waals surface area contributed by atoms with E-state index in [1.54, 1.807) is 6.07 Å². The zero-order valence-electron chi connectivity index (χ0n) is 16.0. The van der Waals surface area contributed by atoms with E-state index in [9.17, 15) is 23.2 Å². The van der Waals surface area contributed by atoms with Gasteiger partial charge in [0.05, 0.1) is 19.2 Å². The highest BCUT2D eigenvalue weighted by Gasteiger charge is 2.53. The van der Waals surface area contributed by atoms with Crippen molar-refractivity contribution in [3.63, 3.8) is 0 Å². The number of hydrogen-bond acceptors (Lipinski definition) is 6. The molecule has 1 unspecified atom stereocenters. The van der Waals surface area contributed by atoms with Gasteiger partial charge in [0, 0.05) is 24.3 Å². The maximum Gasteiger partial charge on any atom is 0.322 e. The minimum Gasteiger partial charge on any atom is -0.491 e. The van der Waals surface area contributed by atoms with Crippen molar-refractivity contribution in [2.45, 2.75) is 12.1 Å². The van der Waals surface area contributed by atoms with Crippen LogP contribution in [0.25, 0.3) is 11.0 Å². The van der Waals surface area contributed by atoms with E-state index in [1.807, 2.05) is 0 Å². The predicted octanol–water partition coefficient (Wildman–Crippen LogP) is 1.81. The van der Waals surface area contributed by atoms with Crippen LogP contribution in [0.2, 0.25) is 0 Å². The number of rotatable bonds is 4. The van der Waals surface area contributed by atoms with E-state index in [4.69, 9.17) is 9.15 Å². The molecule has 3 aromatic rings. The molecule has 2 aromatic heterocycles. The Morgan fingerprint density at radius 2 is 2.10 bits per heavy atom. The zero-order valence-corrected chi connectivity index (χ0v) is 16.0. The van der Waals surface area contributed by atoms with Gasteiger partial charge in [-0.1, -0.05) is 0 Å². The lowest BCUT2D eigenvalue weighted by Crippen LogP contribution is -2.52. The molecular formula is C20H14F2N4O5. The van der Waals surface area contributed by atoms with Crippen molar-refractivity contribution in [3.05, 3.63) is 59.1 Å². The summed E-state index contributed by atoms with van der Waals surface area (Å²) in [6.07, 6.45) is 3.02. The van der Waals surface area contributed by atoms with E-state index >= 15 is 0 Å². The number of carbonyl (C=O) groups excluding carboxylic acids is 3. The third-order valence-corrected chi connectivity index (χ3v) is 5.43. The molecule has 1 aromatic carbocycles. The molecule has 0 bridgehead atoms. The molecule has 2 N–H and O–H groups in total. The van der Waals surface area contributed by atoms with Crippen LogP contribution >= 0.6 is 0 Å². The zero-order chi connectivity index (χ0) is 21.9. The summed E-state index contributed by atoms with van der Waals surface area (Å²) in [7, 11) is 1.09. The molecule has 4 amide bonds. The van der Waals surface area contributed by atoms with Crippen molar-refractivity contribution < 1.29 is 32.3 Å². The van der Waals surface area contributed by atoms with Crippen molar-refractivity contribution >= 4 is 28.8 Å². The Balaban J connectivity index is 1.57. The van der Waals surface area contributed by atoms with Crippen molar-refractivity contribution in [1.29, 1.82) is 0 Å². The molecule has 1 atom stereocenters. The van der Waals surface area contributed by atoms with Gasteiger partial charge in [0.2, 0.25) is 0 Å². The monoisotopic (exact) mass is 428 g/mol. The molecule has 5 rings (SSSR count). The van der Waals surface area contributed by atoms with E-state index in [-0.39, 0.29) is 30.0 Å². The molecule has 2 aliphatic rings. The van der Waals surface area contributed by atoms with Crippen LogP contribution in [0.4, 0.5) is 13.6 Å². The number of pyridine rings is 1. The second kappa shape index (κ2) is 6.49. The fourth-order valence-corrected chi connectivity index (χ4v) is 3.99. The number of nitrogens with one attached hydrogen (secondary N) is 2. The lowest BCUT2D eigenvalue weighted by molar-refractivity contribution is -0.125. The van der Waals surface area contributed by atoms with E-state index in [2.05, 4.69) is 15.6 Å². The highest BCUT2D eigenvalue weighted by Crippen LogP contribution is 2.37. The smallest absolute Gasteiger partial charge is 0.322 e. The van der Waals surface area contributed by atoms with Crippen LogP contribution < -0.4 is 15.4 Å². The van der Waals surface area contributed by atoms with Crippen LogP contribution in [0.5, 0.6) is 5.75 Å². The summed E-state index contributed by atoms with van der Waals surface area (Å²) in [6, 6.07) is 3.36. The first-order valence-corrected chi connectivity index (χ1v) is 9.16. The van der Waals surface area contributed by atoms with Gasteiger partial charge in [0.25, 0.3) is 11.8 Å². The number of methoxy groups -OCH3 is 1. The number of furan rings is 1. The first-order chi connectivity index (χ1) is 14.8. The maximum atomic E-state index is 14.7. The van der Waals surface area contributed by atoms with Crippen LogP contribution in [0, 0.1) is 11.6 Å². The summed E-state index contributed by atoms with van der Waals surface area (Å²) < 4.78 is 39.3. The van der Waals surface area contributed by atoms with Gasteiger partial charge < -0.3 is 19.4 Å². The fourth-order valence-electron chi connectivity index (χ4n) is 3.99. The molecule has 9 nitrogen and oxygen atoms in total. The SMILES string of the molecule is COc1c(F)cc2c(c1F)C(=O)N(CC1(c3cc4cnccc4o3)NC(=O)NC1=O)C2. The standard InChI is InChI=1S/C20H14F2N4O5/c1-30-16-11(21)4-10-7-26(17(27)14(10)15(16)22)8-20(18(28)24-19(29)25-20)13-5-9-6-23-3-2-12(9)31-13/h2-6H,7-8H2,1H3,(H2,24,25,28,29). The van der Waals surface area contributed by atoms with Gasteiger partial charge in [0.1, 0.15) is 11.3 Å². The van der Waals surface area contributed by atoms with Crippen LogP contribution in [-0.2, 0) is 16.9 Å². The predicted molar refractivity (Wildman–Crippen MR) is 100 cm³/mol. The molecular weight excluding hydrogens is 414 g/mol. The third kappa shape index (κ3) is 2.66. The highest BCUT2D eigenvalue weighted by atomic mass is 19.1. The first-order valence-electron chi connectivity index (χ1n) is 9.16. The van der Waals surface area contributed by atoms with Crippen LogP contribution in [0.15, 0.2) is 35.0 Å². The van der Waals surface area contributed by atoms with Crippen LogP contribution in [0.3, 0.4) is 0 Å². The van der Waals surface area contributed by atoms with Gasteiger partial charge in [-0.25, -0.2) is 13.6 Å². The largest absolute Gasteiger partial charge is 0.491 e. The van der Waals surface area contributed by atoms with Gasteiger partial charge in [-0.2, -0.15) is 0 Å². The summed E-state index contributed by atoms with van der Waals surface area (Å²) in [6.45, 7) is -0.534. The number of ether oxygens (including phenoxy) is 1. The topological polar surface area (TPSA) is 114 Å². The Hall–Kier alpha value is -4.02. The maximum absolute atomic E-state index is 14.7. The lowest BCUT2D eigenvalue weighted by Gasteiger charge is -2.29. The van der Waals surface area contributed by atoms with Gasteiger partial charge in [-0.15, -0.1) is 0 Å². The average molecular weight is 428 g/mol. The number of urea groups is 1. The highest BCUT2D eigenvalue weighted by molar-refractivity contribution is 6.08. The number of carbonyl (C=O) groups is 3. The molecule has 31 heavy (non-hydrogen) atoms. The van der Waals surface area contributed by atoms with Gasteiger partial charge in [0.15, 0.2) is 22.9 Å². The van der Waals surface area contributed by atoms with E-state index in [0.717, 1.165) is 18.1 Å². The van der Waals surface area contributed by atoms with E-state index in [1.165, 1.54) is 18.5 Å². The number of benzene rings is 1. The summed E-state index contributed by atoms with van der Waals surface area (Å²) in [5.74, 6) is -4.16. The van der Waals surface area contributed by atoms with Crippen molar-refractivity contribution in [3.8, 4) is 5.75 Å². The number of fused-ring (bicyclic) bond motifs is 2. The normalized spacial score (nSPS) is 20.2. The summed E-state index contributed by atoms with van der Waals surface area (Å²) >= 11 is 0. The molecule has 0 radical (unpaired) electrons. The van der Waals surface area contributed by atoms with Gasteiger partial charge in [-0.05, 0) is 23.8 Å². The van der Waals surface area contributed by atoms with Crippen LogP contribution in [0.1, 0.15) is 21.7 Å². The Labute approximate surface area is 173 Å². The van der Waals surface area contributed by atoms with Crippen molar-refractivity contribution in [2.75, 3.05) is 13.7 Å². The Kier molecular flexibility index (Phi) is 3.97. The minimum absolute atomic E-state index is 0.0758. The van der Waals surface area contributed by atoms with Crippen molar-refractivity contribution in [1.82, 2.24) is 20.5 Å². The molecule has 0 aliphatic carbocycles. The molecule has 1 saturated heterocycles. The van der Waals surface area contributed by atoms with Crippen LogP contribution in [-0.4, -0.2) is 41.4 Å². The molecule has 2 aliphatic heterocycles. The molecule has 158 valence electrons. The number of imide groups is 1. The fraction of sp³-hybridized carbons (Fsp3) is 0.200. The van der Waals surface area contributed by atoms with Gasteiger partial charge in [-0.3, -0.25) is 19.9 Å². The molecule has 0 spiro atoms. The number of halogens is 2. The third-order valence-electron chi connectivity index (χ3n) is 5.43. The summed E-state index contributed by atoms with van der Waals surface area (Å²) in [4.78, 5) is 42.9. The minimum atomic E-state index is -1.76. The summed E-state index contributed by atoms with van der Waals surface area (Å²) in [5.41, 5.74) is -1.57. The molecule has 11 heteroatoms. The molecule has 1 fully saturated rings. The van der Waals surface area contributed by atoms with Gasteiger partial charge >= 0.3 is 6.03 Å². The number of aromatic nitrogens is 1. The first kappa shape index (κ1) is 19.0. The second-order valence-corrected chi connectivity index (χ2v) is 7.24. The number of nitrogens with zero attached hydrogens (tertiary/aromatic N) is 2. The summed E-state index contributed by atoms with van der Waals surface area (Å²) in [5, 5.41) is 5.24. The molecule has 0 saturated carbocycles. The lowest BCUT2D eigenvalue weighted by atomic mass is 9.95. The Morgan fingerprint density at radius 3 is 2.77 bits per heavy atom. The average Bonchev–Trinajstić information content (AvgIpc) is 3.37. The number of hydrogen-bond donors (Lipinski definition) is 2. The second-order valence-electron chi connectivity index (χ2n) is 7.24. The van der Waals surface area contributed by atoms with E-state index in [0.29, 0.717) is 11.0 Å². The van der Waals surface area contributed by atoms with Crippen molar-refractivity contribution in [2.24, 2.45) is 0 Å². The quantitative estimate of drug-likeness (QED) is 0.613. The van der Waals surface area contributed by atoms with E-state index < -0.39 is 40.8 Å². The Bertz CT molecular complexity index is 1260.